The Morgan fingerprint density at radius 3 is 2.55 bits per heavy atom. The summed E-state index contributed by atoms with van der Waals surface area (Å²) in [6, 6.07) is 3.42. The van der Waals surface area contributed by atoms with Crippen molar-refractivity contribution in [3.8, 4) is 0 Å². The second-order valence-electron chi connectivity index (χ2n) is 4.41. The van der Waals surface area contributed by atoms with Crippen LogP contribution in [0.3, 0.4) is 0 Å². The molecule has 1 aromatic heterocycles. The molecule has 0 aliphatic heterocycles. The quantitative estimate of drug-likeness (QED) is 0.782. The maximum Gasteiger partial charge on any atom is 0.433 e. The van der Waals surface area contributed by atoms with Crippen molar-refractivity contribution in [2.45, 2.75) is 33.0 Å². The van der Waals surface area contributed by atoms with Gasteiger partial charge < -0.3 is 9.64 Å². The second kappa shape index (κ2) is 6.58. The van der Waals surface area contributed by atoms with Crippen molar-refractivity contribution in [1.29, 1.82) is 0 Å². The summed E-state index contributed by atoms with van der Waals surface area (Å²) in [6.45, 7) is 5.28. The summed E-state index contributed by atoms with van der Waals surface area (Å²) >= 11 is 0. The Kier molecular flexibility index (Phi) is 5.35. The van der Waals surface area contributed by atoms with E-state index in [2.05, 4.69) is 4.98 Å². The molecule has 7 heteroatoms. The molecule has 0 saturated carbocycles. The summed E-state index contributed by atoms with van der Waals surface area (Å²) in [5.74, 6) is -0.400. The lowest BCUT2D eigenvalue weighted by Gasteiger charge is -2.27. The molecule has 4 nitrogen and oxygen atoms in total. The third-order valence-electron chi connectivity index (χ3n) is 2.55. The van der Waals surface area contributed by atoms with Crippen molar-refractivity contribution >= 4 is 11.8 Å². The Morgan fingerprint density at radius 1 is 1.40 bits per heavy atom. The van der Waals surface area contributed by atoms with Crippen molar-refractivity contribution in [3.05, 3.63) is 23.9 Å². The summed E-state index contributed by atoms with van der Waals surface area (Å²) in [5.41, 5.74) is -0.982. The van der Waals surface area contributed by atoms with Gasteiger partial charge in [0.2, 0.25) is 0 Å². The number of esters is 1. The van der Waals surface area contributed by atoms with Gasteiger partial charge in [0.1, 0.15) is 18.1 Å². The molecule has 1 rings (SSSR count). The first-order chi connectivity index (χ1) is 9.25. The van der Waals surface area contributed by atoms with Gasteiger partial charge in [0.25, 0.3) is 0 Å². The van der Waals surface area contributed by atoms with Crippen molar-refractivity contribution in [2.75, 3.05) is 18.1 Å². The van der Waals surface area contributed by atoms with E-state index in [-0.39, 0.29) is 25.0 Å². The summed E-state index contributed by atoms with van der Waals surface area (Å²) < 4.78 is 42.7. The summed E-state index contributed by atoms with van der Waals surface area (Å²) in [5, 5.41) is 0. The van der Waals surface area contributed by atoms with Crippen LogP contribution < -0.4 is 4.90 Å². The molecule has 0 unspecified atom stereocenters. The number of carbonyl (C=O) groups excluding carboxylic acids is 1. The molecule has 0 atom stereocenters. The predicted octanol–water partition coefficient (Wildman–Crippen LogP) is 2.88. The van der Waals surface area contributed by atoms with Crippen molar-refractivity contribution in [1.82, 2.24) is 4.98 Å². The summed E-state index contributed by atoms with van der Waals surface area (Å²) in [6.07, 6.45) is -4.51. The Morgan fingerprint density at radius 2 is 2.05 bits per heavy atom. The van der Waals surface area contributed by atoms with Crippen molar-refractivity contribution < 1.29 is 22.7 Å². The number of ether oxygens (including phenoxy) is 1. The van der Waals surface area contributed by atoms with Crippen LogP contribution in [0.2, 0.25) is 0 Å². The van der Waals surface area contributed by atoms with Gasteiger partial charge in [-0.3, -0.25) is 4.79 Å². The zero-order valence-electron chi connectivity index (χ0n) is 11.6. The highest BCUT2D eigenvalue weighted by Crippen LogP contribution is 2.29. The molecule has 0 saturated heterocycles. The number of aromatic nitrogens is 1. The number of nitrogens with zero attached hydrogens (tertiary/aromatic N) is 2. The highest BCUT2D eigenvalue weighted by molar-refractivity contribution is 5.75. The van der Waals surface area contributed by atoms with E-state index in [4.69, 9.17) is 4.74 Å². The number of carbonyl (C=O) groups is 1. The lowest BCUT2D eigenvalue weighted by atomic mass is 10.2. The molecule has 1 aromatic rings. The van der Waals surface area contributed by atoms with Crippen LogP contribution >= 0.6 is 0 Å². The van der Waals surface area contributed by atoms with E-state index in [1.807, 2.05) is 0 Å². The number of alkyl halides is 3. The fraction of sp³-hybridized carbons (Fsp3) is 0.538. The van der Waals surface area contributed by atoms with Crippen LogP contribution in [-0.2, 0) is 15.7 Å². The second-order valence-corrected chi connectivity index (χ2v) is 4.41. The van der Waals surface area contributed by atoms with Crippen molar-refractivity contribution in [2.24, 2.45) is 0 Å². The molecule has 0 aromatic carbocycles. The molecule has 0 fully saturated rings. The minimum absolute atomic E-state index is 0.0999. The minimum Gasteiger partial charge on any atom is -0.465 e. The summed E-state index contributed by atoms with van der Waals surface area (Å²) in [4.78, 5) is 16.5. The van der Waals surface area contributed by atoms with Gasteiger partial charge in [0.15, 0.2) is 0 Å². The number of hydrogen-bond donors (Lipinski definition) is 0. The van der Waals surface area contributed by atoms with Gasteiger partial charge in [-0.05, 0) is 32.9 Å². The zero-order valence-corrected chi connectivity index (χ0v) is 11.6. The van der Waals surface area contributed by atoms with E-state index in [1.165, 1.54) is 17.0 Å². The predicted molar refractivity (Wildman–Crippen MR) is 68.4 cm³/mol. The van der Waals surface area contributed by atoms with Gasteiger partial charge in [0, 0.05) is 6.04 Å². The Bertz CT molecular complexity index is 461. The number of hydrogen-bond acceptors (Lipinski definition) is 4. The van der Waals surface area contributed by atoms with Gasteiger partial charge in [-0.1, -0.05) is 6.07 Å². The molecular weight excluding hydrogens is 273 g/mol. The van der Waals surface area contributed by atoms with Crippen LogP contribution in [0.4, 0.5) is 19.0 Å². The lowest BCUT2D eigenvalue weighted by Crippen LogP contribution is -2.37. The van der Waals surface area contributed by atoms with E-state index in [0.29, 0.717) is 0 Å². The van der Waals surface area contributed by atoms with Gasteiger partial charge in [0.05, 0.1) is 6.61 Å². The Hall–Kier alpha value is -1.79. The van der Waals surface area contributed by atoms with Crippen LogP contribution in [0.15, 0.2) is 18.2 Å². The van der Waals surface area contributed by atoms with Crippen LogP contribution in [0.1, 0.15) is 26.5 Å². The Balaban J connectivity index is 3.01. The van der Waals surface area contributed by atoms with Crippen LogP contribution in [0, 0.1) is 0 Å². The van der Waals surface area contributed by atoms with Gasteiger partial charge >= 0.3 is 12.1 Å². The fourth-order valence-electron chi connectivity index (χ4n) is 1.61. The monoisotopic (exact) mass is 290 g/mol. The lowest BCUT2D eigenvalue weighted by molar-refractivity contribution is -0.141. The standard InChI is InChI=1S/C13H17F3N2O2/c1-4-20-12(19)8-18(9(2)3)11-7-5-6-10(17-11)13(14,15)16/h5-7,9H,4,8H2,1-3H3. The average molecular weight is 290 g/mol. The third kappa shape index (κ3) is 4.40. The smallest absolute Gasteiger partial charge is 0.433 e. The molecule has 112 valence electrons. The molecule has 1 heterocycles. The maximum absolute atomic E-state index is 12.6. The fourth-order valence-corrected chi connectivity index (χ4v) is 1.61. The normalized spacial score (nSPS) is 11.6. The van der Waals surface area contributed by atoms with Gasteiger partial charge in [-0.2, -0.15) is 13.2 Å². The molecule has 0 amide bonds. The van der Waals surface area contributed by atoms with E-state index >= 15 is 0 Å². The average Bonchev–Trinajstić information content (AvgIpc) is 2.35. The summed E-state index contributed by atoms with van der Waals surface area (Å²) in [7, 11) is 0. The highest BCUT2D eigenvalue weighted by Gasteiger charge is 2.33. The molecule has 0 spiro atoms. The van der Waals surface area contributed by atoms with Crippen molar-refractivity contribution in [3.63, 3.8) is 0 Å². The topological polar surface area (TPSA) is 42.4 Å². The third-order valence-corrected chi connectivity index (χ3v) is 2.55. The molecule has 0 aliphatic rings. The largest absolute Gasteiger partial charge is 0.465 e. The van der Waals surface area contributed by atoms with Gasteiger partial charge in [-0.25, -0.2) is 4.98 Å². The first-order valence-corrected chi connectivity index (χ1v) is 6.22. The molecule has 0 bridgehead atoms. The molecule has 0 radical (unpaired) electrons. The number of anilines is 1. The molecule has 20 heavy (non-hydrogen) atoms. The number of halogens is 3. The zero-order chi connectivity index (χ0) is 15.3. The molecular formula is C13H17F3N2O2. The minimum atomic E-state index is -4.51. The van der Waals surface area contributed by atoms with Crippen LogP contribution in [0.5, 0.6) is 0 Å². The number of rotatable bonds is 5. The number of pyridine rings is 1. The van der Waals surface area contributed by atoms with E-state index in [1.54, 1.807) is 20.8 Å². The van der Waals surface area contributed by atoms with E-state index in [9.17, 15) is 18.0 Å². The SMILES string of the molecule is CCOC(=O)CN(c1cccc(C(F)(F)F)n1)C(C)C. The van der Waals surface area contributed by atoms with Crippen LogP contribution in [0.25, 0.3) is 0 Å². The molecule has 0 aliphatic carbocycles. The van der Waals surface area contributed by atoms with E-state index < -0.39 is 17.8 Å². The first-order valence-electron chi connectivity index (χ1n) is 6.22. The molecule has 0 N–H and O–H groups in total. The van der Waals surface area contributed by atoms with Crippen LogP contribution in [-0.4, -0.2) is 30.1 Å². The maximum atomic E-state index is 12.6. The first kappa shape index (κ1) is 16.3. The Labute approximate surface area is 115 Å². The highest BCUT2D eigenvalue weighted by atomic mass is 19.4. The van der Waals surface area contributed by atoms with E-state index in [0.717, 1.165) is 6.07 Å². The van der Waals surface area contributed by atoms with Gasteiger partial charge in [-0.15, -0.1) is 0 Å².